The monoisotopic (exact) mass is 418 g/mol. The third-order valence-corrected chi connectivity index (χ3v) is 6.32. The van der Waals surface area contributed by atoms with Crippen LogP contribution in [0.2, 0.25) is 0 Å². The number of nitrogens with zero attached hydrogens (tertiary/aromatic N) is 2. The molecule has 2 N–H and O–H groups in total. The normalized spacial score (nSPS) is 14.9. The number of nitro groups is 1. The van der Waals surface area contributed by atoms with E-state index in [1.807, 2.05) is 0 Å². The lowest BCUT2D eigenvalue weighted by Gasteiger charge is -2.26. The smallest absolute Gasteiger partial charge is 0.273 e. The van der Waals surface area contributed by atoms with Gasteiger partial charge in [-0.1, -0.05) is 12.1 Å². The van der Waals surface area contributed by atoms with Gasteiger partial charge in [0.25, 0.3) is 11.6 Å². The molecule has 3 rings (SSSR count). The van der Waals surface area contributed by atoms with Crippen molar-refractivity contribution in [2.75, 3.05) is 25.0 Å². The molecule has 0 bridgehead atoms. The van der Waals surface area contributed by atoms with E-state index in [2.05, 4.69) is 10.6 Å². The Kier molecular flexibility index (Phi) is 5.62. The first-order valence-electron chi connectivity index (χ1n) is 8.62. The maximum atomic E-state index is 12.8. The van der Waals surface area contributed by atoms with Crippen LogP contribution in [-0.4, -0.2) is 49.1 Å². The van der Waals surface area contributed by atoms with Crippen molar-refractivity contribution < 1.29 is 22.9 Å². The maximum absolute atomic E-state index is 12.8. The summed E-state index contributed by atoms with van der Waals surface area (Å²) >= 11 is 0. The number of carbonyl (C=O) groups is 2. The largest absolute Gasteiger partial charge is 0.354 e. The van der Waals surface area contributed by atoms with Crippen LogP contribution in [0.1, 0.15) is 15.9 Å². The highest BCUT2D eigenvalue weighted by molar-refractivity contribution is 7.89. The molecule has 11 heteroatoms. The van der Waals surface area contributed by atoms with Crippen LogP contribution in [0.25, 0.3) is 0 Å². The molecule has 29 heavy (non-hydrogen) atoms. The number of piperazine rings is 1. The Morgan fingerprint density at radius 1 is 1.24 bits per heavy atom. The predicted molar refractivity (Wildman–Crippen MR) is 104 cm³/mol. The number of nitrogens with one attached hydrogen (secondary N) is 2. The van der Waals surface area contributed by atoms with E-state index in [4.69, 9.17) is 0 Å². The maximum Gasteiger partial charge on any atom is 0.273 e. The van der Waals surface area contributed by atoms with Gasteiger partial charge < -0.3 is 10.6 Å². The standard InChI is InChI=1S/C18H18N4O6S/c1-12-15(6-3-7-16(12)22(25)26)18(24)20-13-4-2-5-14(10-13)29(27,28)21-9-8-19-17(23)11-21/h2-7,10H,8-9,11H2,1H3,(H,19,23)(H,20,24). The molecular weight excluding hydrogens is 400 g/mol. The molecule has 10 nitrogen and oxygen atoms in total. The lowest BCUT2D eigenvalue weighted by molar-refractivity contribution is -0.385. The second-order valence-electron chi connectivity index (χ2n) is 6.38. The number of sulfonamides is 1. The van der Waals surface area contributed by atoms with E-state index in [-0.39, 0.29) is 52.9 Å². The van der Waals surface area contributed by atoms with Gasteiger partial charge in [0.1, 0.15) is 0 Å². The molecule has 0 spiro atoms. The summed E-state index contributed by atoms with van der Waals surface area (Å²) in [6.45, 7) is 1.57. The third kappa shape index (κ3) is 4.25. The molecule has 1 aliphatic heterocycles. The van der Waals surface area contributed by atoms with Gasteiger partial charge in [-0.3, -0.25) is 19.7 Å². The van der Waals surface area contributed by atoms with Crippen molar-refractivity contribution in [2.45, 2.75) is 11.8 Å². The van der Waals surface area contributed by atoms with E-state index in [0.717, 1.165) is 4.31 Å². The summed E-state index contributed by atoms with van der Waals surface area (Å²) in [6, 6.07) is 9.78. The Morgan fingerprint density at radius 2 is 1.97 bits per heavy atom. The highest BCUT2D eigenvalue weighted by Gasteiger charge is 2.29. The summed E-state index contributed by atoms with van der Waals surface area (Å²) in [5.74, 6) is -0.983. The molecule has 0 atom stereocenters. The van der Waals surface area contributed by atoms with E-state index in [9.17, 15) is 28.1 Å². The molecule has 1 aliphatic rings. The van der Waals surface area contributed by atoms with E-state index in [1.54, 1.807) is 0 Å². The zero-order valence-corrected chi connectivity index (χ0v) is 16.2. The predicted octanol–water partition coefficient (Wildman–Crippen LogP) is 1.28. The average Bonchev–Trinajstić information content (AvgIpc) is 2.68. The molecule has 0 unspecified atom stereocenters. The molecule has 1 heterocycles. The summed E-state index contributed by atoms with van der Waals surface area (Å²) < 4.78 is 26.6. The molecular formula is C18H18N4O6S. The van der Waals surface area contributed by atoms with Crippen LogP contribution >= 0.6 is 0 Å². The first-order chi connectivity index (χ1) is 13.7. The van der Waals surface area contributed by atoms with Crippen molar-refractivity contribution in [2.24, 2.45) is 0 Å². The van der Waals surface area contributed by atoms with Crippen LogP contribution < -0.4 is 10.6 Å². The van der Waals surface area contributed by atoms with Gasteiger partial charge in [0, 0.05) is 36.0 Å². The zero-order chi connectivity index (χ0) is 21.2. The number of anilines is 1. The lowest BCUT2D eigenvalue weighted by Crippen LogP contribution is -2.49. The third-order valence-electron chi connectivity index (χ3n) is 4.48. The van der Waals surface area contributed by atoms with Gasteiger partial charge in [-0.05, 0) is 31.2 Å². The topological polar surface area (TPSA) is 139 Å². The van der Waals surface area contributed by atoms with Gasteiger partial charge >= 0.3 is 0 Å². The lowest BCUT2D eigenvalue weighted by atomic mass is 10.1. The summed E-state index contributed by atoms with van der Waals surface area (Å²) in [5, 5.41) is 16.2. The summed E-state index contributed by atoms with van der Waals surface area (Å²) in [7, 11) is -3.91. The molecule has 0 aliphatic carbocycles. The fourth-order valence-corrected chi connectivity index (χ4v) is 4.41. The van der Waals surface area contributed by atoms with Crippen LogP contribution in [0, 0.1) is 17.0 Å². The van der Waals surface area contributed by atoms with Crippen molar-refractivity contribution in [1.82, 2.24) is 9.62 Å². The number of hydrogen-bond donors (Lipinski definition) is 2. The molecule has 2 aromatic carbocycles. The quantitative estimate of drug-likeness (QED) is 0.554. The fourth-order valence-electron chi connectivity index (χ4n) is 2.97. The molecule has 0 saturated carbocycles. The highest BCUT2D eigenvalue weighted by atomic mass is 32.2. The van der Waals surface area contributed by atoms with E-state index < -0.39 is 20.9 Å². The van der Waals surface area contributed by atoms with Crippen LogP contribution in [0.3, 0.4) is 0 Å². The number of carbonyl (C=O) groups excluding carboxylic acids is 2. The van der Waals surface area contributed by atoms with E-state index in [0.29, 0.717) is 0 Å². The van der Waals surface area contributed by atoms with E-state index >= 15 is 0 Å². The minimum Gasteiger partial charge on any atom is -0.354 e. The molecule has 0 aromatic heterocycles. The Morgan fingerprint density at radius 3 is 2.66 bits per heavy atom. The van der Waals surface area contributed by atoms with Crippen molar-refractivity contribution in [3.63, 3.8) is 0 Å². The minimum atomic E-state index is -3.91. The van der Waals surface area contributed by atoms with Gasteiger partial charge in [-0.2, -0.15) is 4.31 Å². The number of rotatable bonds is 5. The van der Waals surface area contributed by atoms with Crippen LogP contribution in [0.4, 0.5) is 11.4 Å². The van der Waals surface area contributed by atoms with Crippen molar-refractivity contribution in [3.05, 3.63) is 63.7 Å². The summed E-state index contributed by atoms with van der Waals surface area (Å²) in [6.07, 6.45) is 0. The fraction of sp³-hybridized carbons (Fsp3) is 0.222. The van der Waals surface area contributed by atoms with Crippen LogP contribution in [-0.2, 0) is 14.8 Å². The summed E-state index contributed by atoms with van der Waals surface area (Å²) in [5.41, 5.74) is 0.346. The van der Waals surface area contributed by atoms with Crippen LogP contribution in [0.5, 0.6) is 0 Å². The van der Waals surface area contributed by atoms with Gasteiger partial charge in [-0.25, -0.2) is 8.42 Å². The van der Waals surface area contributed by atoms with Crippen LogP contribution in [0.15, 0.2) is 47.4 Å². The SMILES string of the molecule is Cc1c(C(=O)Nc2cccc(S(=O)(=O)N3CCNC(=O)C3)c2)cccc1[N+](=O)[O-]. The minimum absolute atomic E-state index is 0.0687. The molecule has 2 aromatic rings. The first-order valence-corrected chi connectivity index (χ1v) is 10.1. The second-order valence-corrected chi connectivity index (χ2v) is 8.32. The number of benzene rings is 2. The Hall–Kier alpha value is -3.31. The molecule has 2 amide bonds. The number of hydrogen-bond acceptors (Lipinski definition) is 6. The first kappa shape index (κ1) is 20.4. The number of amides is 2. The van der Waals surface area contributed by atoms with Crippen molar-refractivity contribution in [1.29, 1.82) is 0 Å². The van der Waals surface area contributed by atoms with E-state index in [1.165, 1.54) is 49.4 Å². The van der Waals surface area contributed by atoms with Gasteiger partial charge in [0.2, 0.25) is 15.9 Å². The molecule has 152 valence electrons. The Balaban J connectivity index is 1.85. The molecule has 0 radical (unpaired) electrons. The van der Waals surface area contributed by atoms with Gasteiger partial charge in [0.15, 0.2) is 0 Å². The van der Waals surface area contributed by atoms with Crippen molar-refractivity contribution in [3.8, 4) is 0 Å². The average molecular weight is 418 g/mol. The number of nitro benzene ring substituents is 1. The van der Waals surface area contributed by atoms with Gasteiger partial charge in [0.05, 0.1) is 16.4 Å². The van der Waals surface area contributed by atoms with Gasteiger partial charge in [-0.15, -0.1) is 0 Å². The Bertz CT molecular complexity index is 1100. The van der Waals surface area contributed by atoms with Crippen molar-refractivity contribution >= 4 is 33.2 Å². The molecule has 1 fully saturated rings. The zero-order valence-electron chi connectivity index (χ0n) is 15.4. The molecule has 1 saturated heterocycles. The second kappa shape index (κ2) is 7.97. The highest BCUT2D eigenvalue weighted by Crippen LogP contribution is 2.24. The Labute approximate surface area is 166 Å². The summed E-state index contributed by atoms with van der Waals surface area (Å²) in [4.78, 5) is 34.5.